The van der Waals surface area contributed by atoms with E-state index < -0.39 is 30.2 Å². The molecule has 144 valence electrons. The van der Waals surface area contributed by atoms with Crippen LogP contribution in [-0.4, -0.2) is 25.6 Å². The van der Waals surface area contributed by atoms with Crippen molar-refractivity contribution in [3.05, 3.63) is 45.8 Å². The van der Waals surface area contributed by atoms with Crippen molar-refractivity contribution in [1.82, 2.24) is 0 Å². The van der Waals surface area contributed by atoms with Gasteiger partial charge < -0.3 is 14.8 Å². The largest absolute Gasteiger partial charge is 0.484 e. The minimum atomic E-state index is -4.49. The van der Waals surface area contributed by atoms with Crippen LogP contribution < -0.4 is 10.1 Å². The van der Waals surface area contributed by atoms with Crippen molar-refractivity contribution in [3.63, 3.8) is 0 Å². The Labute approximate surface area is 157 Å². The molecule has 0 radical (unpaired) electrons. The van der Waals surface area contributed by atoms with Crippen molar-refractivity contribution in [2.75, 3.05) is 19.0 Å². The summed E-state index contributed by atoms with van der Waals surface area (Å²) in [5, 5.41) is 2.98. The van der Waals surface area contributed by atoms with Gasteiger partial charge in [0.25, 0.3) is 5.91 Å². The highest BCUT2D eigenvalue weighted by Crippen LogP contribution is 2.39. The summed E-state index contributed by atoms with van der Waals surface area (Å²) < 4.78 is 48.1. The molecule has 0 spiro atoms. The molecule has 9 heteroatoms. The van der Waals surface area contributed by atoms with Gasteiger partial charge in [0.1, 0.15) is 10.8 Å². The SMILES string of the molecule is COC(=O)c1c(NC(=O)COc2cccc(C(F)(F)F)c2)sc2c1CCC2. The molecule has 0 fully saturated rings. The highest BCUT2D eigenvalue weighted by atomic mass is 32.1. The lowest BCUT2D eigenvalue weighted by atomic mass is 10.1. The molecule has 0 atom stereocenters. The number of alkyl halides is 3. The first-order chi connectivity index (χ1) is 12.8. The highest BCUT2D eigenvalue weighted by Gasteiger charge is 2.31. The third-order valence-corrected chi connectivity index (χ3v) is 5.30. The van der Waals surface area contributed by atoms with E-state index in [4.69, 9.17) is 9.47 Å². The smallest absolute Gasteiger partial charge is 0.416 e. The fourth-order valence-corrected chi connectivity index (χ4v) is 4.18. The topological polar surface area (TPSA) is 64.6 Å². The van der Waals surface area contributed by atoms with Crippen LogP contribution in [0.3, 0.4) is 0 Å². The van der Waals surface area contributed by atoms with Gasteiger partial charge in [-0.3, -0.25) is 4.79 Å². The average Bonchev–Trinajstić information content (AvgIpc) is 3.19. The molecule has 27 heavy (non-hydrogen) atoms. The van der Waals surface area contributed by atoms with Crippen molar-refractivity contribution >= 4 is 28.2 Å². The second-order valence-corrected chi connectivity index (χ2v) is 7.02. The van der Waals surface area contributed by atoms with Gasteiger partial charge in [0, 0.05) is 4.88 Å². The molecule has 0 bridgehead atoms. The summed E-state index contributed by atoms with van der Waals surface area (Å²) >= 11 is 1.31. The summed E-state index contributed by atoms with van der Waals surface area (Å²) in [6.07, 6.45) is -1.97. The minimum Gasteiger partial charge on any atom is -0.484 e. The number of fused-ring (bicyclic) bond motifs is 1. The zero-order valence-electron chi connectivity index (χ0n) is 14.3. The Morgan fingerprint density at radius 1 is 1.26 bits per heavy atom. The molecule has 1 amide bonds. The third kappa shape index (κ3) is 4.24. The van der Waals surface area contributed by atoms with Gasteiger partial charge in [0.15, 0.2) is 6.61 Å². The van der Waals surface area contributed by atoms with E-state index in [1.54, 1.807) is 0 Å². The second-order valence-electron chi connectivity index (χ2n) is 5.92. The highest BCUT2D eigenvalue weighted by molar-refractivity contribution is 7.17. The monoisotopic (exact) mass is 399 g/mol. The number of thiophene rings is 1. The van der Waals surface area contributed by atoms with Gasteiger partial charge in [-0.15, -0.1) is 11.3 Å². The van der Waals surface area contributed by atoms with Gasteiger partial charge in [0.05, 0.1) is 18.2 Å². The summed E-state index contributed by atoms with van der Waals surface area (Å²) in [6.45, 7) is -0.482. The number of anilines is 1. The molecular formula is C18H16F3NO4S. The zero-order chi connectivity index (χ0) is 19.6. The van der Waals surface area contributed by atoms with Crippen LogP contribution in [0.15, 0.2) is 24.3 Å². The number of carbonyl (C=O) groups is 2. The standard InChI is InChI=1S/C18H16F3NO4S/c1-25-17(24)15-12-6-3-7-13(12)27-16(15)22-14(23)9-26-11-5-2-4-10(8-11)18(19,20)21/h2,4-5,8H,3,6-7,9H2,1H3,(H,22,23). The number of hydrogen-bond acceptors (Lipinski definition) is 5. The summed E-state index contributed by atoms with van der Waals surface area (Å²) in [4.78, 5) is 25.2. The van der Waals surface area contributed by atoms with E-state index in [0.29, 0.717) is 10.6 Å². The number of amides is 1. The molecule has 1 aromatic heterocycles. The number of carbonyl (C=O) groups excluding carboxylic acids is 2. The molecule has 0 saturated carbocycles. The van der Waals surface area contributed by atoms with Crippen molar-refractivity contribution in [2.45, 2.75) is 25.4 Å². The van der Waals surface area contributed by atoms with Gasteiger partial charge in [-0.2, -0.15) is 13.2 Å². The van der Waals surface area contributed by atoms with Crippen LogP contribution in [0.5, 0.6) is 5.75 Å². The van der Waals surface area contributed by atoms with E-state index in [-0.39, 0.29) is 5.75 Å². The lowest BCUT2D eigenvalue weighted by molar-refractivity contribution is -0.137. The molecular weight excluding hydrogens is 383 g/mol. The Morgan fingerprint density at radius 2 is 2.04 bits per heavy atom. The molecule has 1 N–H and O–H groups in total. The van der Waals surface area contributed by atoms with Gasteiger partial charge in [-0.05, 0) is 43.0 Å². The van der Waals surface area contributed by atoms with Crippen LogP contribution in [0.2, 0.25) is 0 Å². The molecule has 0 aliphatic heterocycles. The summed E-state index contributed by atoms with van der Waals surface area (Å²) in [5.74, 6) is -1.16. The van der Waals surface area contributed by atoms with Crippen LogP contribution in [0.4, 0.5) is 18.2 Å². The molecule has 1 aliphatic rings. The first kappa shape index (κ1) is 19.2. The van der Waals surface area contributed by atoms with E-state index in [1.807, 2.05) is 0 Å². The maximum absolute atomic E-state index is 12.7. The predicted molar refractivity (Wildman–Crippen MR) is 93.3 cm³/mol. The van der Waals surface area contributed by atoms with E-state index in [2.05, 4.69) is 5.32 Å². The quantitative estimate of drug-likeness (QED) is 0.771. The van der Waals surface area contributed by atoms with Crippen LogP contribution in [-0.2, 0) is 28.5 Å². The lowest BCUT2D eigenvalue weighted by Gasteiger charge is -2.10. The number of rotatable bonds is 5. The summed E-state index contributed by atoms with van der Waals surface area (Å²) in [6, 6.07) is 4.28. The Balaban J connectivity index is 1.68. The number of nitrogens with one attached hydrogen (secondary N) is 1. The van der Waals surface area contributed by atoms with Crippen molar-refractivity contribution in [1.29, 1.82) is 0 Å². The number of hydrogen-bond donors (Lipinski definition) is 1. The Hall–Kier alpha value is -2.55. The molecule has 1 aromatic carbocycles. The van der Waals surface area contributed by atoms with Crippen LogP contribution >= 0.6 is 11.3 Å². The van der Waals surface area contributed by atoms with Crippen LogP contribution in [0.1, 0.15) is 32.8 Å². The molecule has 1 aliphatic carbocycles. The fraction of sp³-hybridized carbons (Fsp3) is 0.333. The number of esters is 1. The van der Waals surface area contributed by atoms with Crippen molar-refractivity contribution in [2.24, 2.45) is 0 Å². The van der Waals surface area contributed by atoms with Gasteiger partial charge >= 0.3 is 12.1 Å². The minimum absolute atomic E-state index is 0.0677. The van der Waals surface area contributed by atoms with Crippen LogP contribution in [0, 0.1) is 0 Å². The van der Waals surface area contributed by atoms with E-state index in [9.17, 15) is 22.8 Å². The summed E-state index contributed by atoms with van der Waals surface area (Å²) in [5.41, 5.74) is 0.381. The zero-order valence-corrected chi connectivity index (χ0v) is 15.1. The van der Waals surface area contributed by atoms with Gasteiger partial charge in [-0.1, -0.05) is 6.07 Å². The summed E-state index contributed by atoms with van der Waals surface area (Å²) in [7, 11) is 1.27. The lowest BCUT2D eigenvalue weighted by Crippen LogP contribution is -2.21. The molecule has 0 saturated heterocycles. The van der Waals surface area contributed by atoms with E-state index >= 15 is 0 Å². The van der Waals surface area contributed by atoms with E-state index in [0.717, 1.165) is 41.8 Å². The third-order valence-electron chi connectivity index (χ3n) is 4.10. The fourth-order valence-electron chi connectivity index (χ4n) is 2.88. The first-order valence-electron chi connectivity index (χ1n) is 8.12. The number of methoxy groups -OCH3 is 1. The molecule has 0 unspecified atom stereocenters. The predicted octanol–water partition coefficient (Wildman–Crippen LogP) is 4.06. The van der Waals surface area contributed by atoms with Crippen molar-refractivity contribution < 1.29 is 32.2 Å². The molecule has 1 heterocycles. The second kappa shape index (κ2) is 7.59. The number of ether oxygens (including phenoxy) is 2. The molecule has 5 nitrogen and oxygen atoms in total. The maximum Gasteiger partial charge on any atom is 0.416 e. The van der Waals surface area contributed by atoms with Gasteiger partial charge in [-0.25, -0.2) is 4.79 Å². The van der Waals surface area contributed by atoms with E-state index in [1.165, 1.54) is 30.6 Å². The first-order valence-corrected chi connectivity index (χ1v) is 8.94. The Bertz CT molecular complexity index is 876. The van der Waals surface area contributed by atoms with Crippen LogP contribution in [0.25, 0.3) is 0 Å². The Morgan fingerprint density at radius 3 is 2.74 bits per heavy atom. The average molecular weight is 399 g/mol. The molecule has 3 rings (SSSR count). The molecule has 2 aromatic rings. The van der Waals surface area contributed by atoms with Gasteiger partial charge in [0.2, 0.25) is 0 Å². The Kier molecular flexibility index (Phi) is 5.41. The number of halogens is 3. The number of benzene rings is 1. The van der Waals surface area contributed by atoms with Crippen molar-refractivity contribution in [3.8, 4) is 5.75 Å². The number of aryl methyl sites for hydroxylation is 1. The normalized spacial score (nSPS) is 13.2. The maximum atomic E-state index is 12.7.